The van der Waals surface area contributed by atoms with E-state index in [0.717, 1.165) is 0 Å². The van der Waals surface area contributed by atoms with Crippen LogP contribution < -0.4 is 15.8 Å². The fraction of sp³-hybridized carbons (Fsp3) is 0.0714. The second-order valence-electron chi connectivity index (χ2n) is 4.08. The molecule has 0 saturated carbocycles. The van der Waals surface area contributed by atoms with Gasteiger partial charge in [-0.15, -0.1) is 0 Å². The lowest BCUT2D eigenvalue weighted by Crippen LogP contribution is -2.04. The van der Waals surface area contributed by atoms with Crippen molar-refractivity contribution in [2.45, 2.75) is 0 Å². The second kappa shape index (κ2) is 5.71. The molecule has 2 rings (SSSR count). The Morgan fingerprint density at radius 3 is 2.65 bits per heavy atom. The van der Waals surface area contributed by atoms with E-state index in [4.69, 9.17) is 22.1 Å². The molecule has 5 nitrogen and oxygen atoms in total. The Morgan fingerprint density at radius 1 is 1.25 bits per heavy atom. The summed E-state index contributed by atoms with van der Waals surface area (Å²) in [6.07, 6.45) is 0. The van der Waals surface area contributed by atoms with Gasteiger partial charge in [0.25, 0.3) is 0 Å². The van der Waals surface area contributed by atoms with Crippen LogP contribution in [0.3, 0.4) is 0 Å². The van der Waals surface area contributed by atoms with Crippen LogP contribution in [0.1, 0.15) is 10.4 Å². The van der Waals surface area contributed by atoms with Crippen LogP contribution in [0.25, 0.3) is 0 Å². The summed E-state index contributed by atoms with van der Waals surface area (Å²) in [6, 6.07) is 9.54. The van der Waals surface area contributed by atoms with Crippen molar-refractivity contribution in [2.24, 2.45) is 0 Å². The molecule has 0 heterocycles. The number of ether oxygens (including phenoxy) is 1. The minimum Gasteiger partial charge on any atom is -0.495 e. The lowest BCUT2D eigenvalue weighted by molar-refractivity contribution is 0.0698. The van der Waals surface area contributed by atoms with E-state index in [-0.39, 0.29) is 5.56 Å². The molecule has 0 spiro atoms. The van der Waals surface area contributed by atoms with Gasteiger partial charge in [0.15, 0.2) is 0 Å². The summed E-state index contributed by atoms with van der Waals surface area (Å²) in [4.78, 5) is 11.2. The maximum atomic E-state index is 11.2. The van der Waals surface area contributed by atoms with Gasteiger partial charge in [0.05, 0.1) is 24.0 Å². The van der Waals surface area contributed by atoms with Crippen LogP contribution in [0.5, 0.6) is 5.75 Å². The molecular formula is C14H13ClN2O3. The number of methoxy groups -OCH3 is 1. The molecule has 0 aromatic heterocycles. The number of halogens is 1. The Labute approximate surface area is 120 Å². The predicted molar refractivity (Wildman–Crippen MR) is 79.1 cm³/mol. The lowest BCUT2D eigenvalue weighted by Gasteiger charge is -2.14. The molecule has 0 radical (unpaired) electrons. The number of carboxylic acids is 1. The SMILES string of the molecule is COc1ccc(Cl)cc1Nc1cc(N)ccc1C(=O)O. The van der Waals surface area contributed by atoms with Crippen molar-refractivity contribution in [1.82, 2.24) is 0 Å². The van der Waals surface area contributed by atoms with Gasteiger partial charge in [-0.05, 0) is 36.4 Å². The molecule has 6 heteroatoms. The first-order valence-corrected chi connectivity index (χ1v) is 6.12. The number of nitrogens with two attached hydrogens (primary N) is 1. The zero-order valence-corrected chi connectivity index (χ0v) is 11.4. The van der Waals surface area contributed by atoms with Gasteiger partial charge in [0.2, 0.25) is 0 Å². The molecule has 104 valence electrons. The number of benzene rings is 2. The summed E-state index contributed by atoms with van der Waals surface area (Å²) in [6.45, 7) is 0. The Hall–Kier alpha value is -2.40. The smallest absolute Gasteiger partial charge is 0.337 e. The third-order valence-electron chi connectivity index (χ3n) is 2.70. The van der Waals surface area contributed by atoms with Crippen LogP contribution >= 0.6 is 11.6 Å². The molecule has 4 N–H and O–H groups in total. The summed E-state index contributed by atoms with van der Waals surface area (Å²) < 4.78 is 5.20. The van der Waals surface area contributed by atoms with Gasteiger partial charge in [0.1, 0.15) is 5.75 Å². The van der Waals surface area contributed by atoms with Gasteiger partial charge in [0, 0.05) is 10.7 Å². The van der Waals surface area contributed by atoms with E-state index < -0.39 is 5.97 Å². The standard InChI is InChI=1S/C14H13ClN2O3/c1-20-13-5-2-8(15)6-12(13)17-11-7-9(16)3-4-10(11)14(18)19/h2-7,17H,16H2,1H3,(H,18,19). The highest BCUT2D eigenvalue weighted by Crippen LogP contribution is 2.32. The molecular weight excluding hydrogens is 280 g/mol. The quantitative estimate of drug-likeness (QED) is 0.752. The molecule has 20 heavy (non-hydrogen) atoms. The number of aromatic carboxylic acids is 1. The van der Waals surface area contributed by atoms with Crippen molar-refractivity contribution in [3.63, 3.8) is 0 Å². The van der Waals surface area contributed by atoms with Gasteiger partial charge in [-0.25, -0.2) is 4.79 Å². The highest BCUT2D eigenvalue weighted by atomic mass is 35.5. The Kier molecular flexibility index (Phi) is 4.00. The van der Waals surface area contributed by atoms with Crippen LogP contribution in [-0.4, -0.2) is 18.2 Å². The Bertz CT molecular complexity index is 659. The second-order valence-corrected chi connectivity index (χ2v) is 4.52. The number of nitrogens with one attached hydrogen (secondary N) is 1. The molecule has 0 saturated heterocycles. The fourth-order valence-corrected chi connectivity index (χ4v) is 1.95. The molecule has 0 aliphatic carbocycles. The number of carbonyl (C=O) groups is 1. The van der Waals surface area contributed by atoms with E-state index in [1.165, 1.54) is 19.2 Å². The highest BCUT2D eigenvalue weighted by Gasteiger charge is 2.12. The van der Waals surface area contributed by atoms with Crippen molar-refractivity contribution in [3.8, 4) is 5.75 Å². The van der Waals surface area contributed by atoms with Gasteiger partial charge < -0.3 is 20.9 Å². The molecule has 0 unspecified atom stereocenters. The number of anilines is 3. The van der Waals surface area contributed by atoms with Gasteiger partial charge in [-0.2, -0.15) is 0 Å². The first-order chi connectivity index (χ1) is 9.51. The van der Waals surface area contributed by atoms with E-state index >= 15 is 0 Å². The predicted octanol–water partition coefficient (Wildman–Crippen LogP) is 3.37. The number of carboxylic acid groups (broad SMARTS) is 1. The van der Waals surface area contributed by atoms with Gasteiger partial charge >= 0.3 is 5.97 Å². The molecule has 0 aliphatic heterocycles. The maximum Gasteiger partial charge on any atom is 0.337 e. The number of nitrogen functional groups attached to an aromatic ring is 1. The summed E-state index contributed by atoms with van der Waals surface area (Å²) in [5.74, 6) is -0.498. The summed E-state index contributed by atoms with van der Waals surface area (Å²) >= 11 is 5.94. The summed E-state index contributed by atoms with van der Waals surface area (Å²) in [5, 5.41) is 12.7. The first-order valence-electron chi connectivity index (χ1n) is 5.74. The highest BCUT2D eigenvalue weighted by molar-refractivity contribution is 6.31. The third kappa shape index (κ3) is 2.95. The van der Waals surface area contributed by atoms with E-state index in [2.05, 4.69) is 5.32 Å². The molecule has 0 atom stereocenters. The maximum absolute atomic E-state index is 11.2. The fourth-order valence-electron chi connectivity index (χ4n) is 1.77. The molecule has 2 aromatic rings. The van der Waals surface area contributed by atoms with Gasteiger partial charge in [-0.3, -0.25) is 0 Å². The monoisotopic (exact) mass is 292 g/mol. The van der Waals surface area contributed by atoms with Crippen LogP contribution in [-0.2, 0) is 0 Å². The van der Waals surface area contributed by atoms with E-state index in [1.807, 2.05) is 0 Å². The van der Waals surface area contributed by atoms with Crippen molar-refractivity contribution >= 4 is 34.6 Å². The van der Waals surface area contributed by atoms with Crippen LogP contribution in [0.2, 0.25) is 5.02 Å². The zero-order valence-electron chi connectivity index (χ0n) is 10.7. The van der Waals surface area contributed by atoms with Crippen molar-refractivity contribution in [2.75, 3.05) is 18.2 Å². The van der Waals surface area contributed by atoms with Gasteiger partial charge in [-0.1, -0.05) is 11.6 Å². The van der Waals surface area contributed by atoms with Crippen LogP contribution in [0.15, 0.2) is 36.4 Å². The summed E-state index contributed by atoms with van der Waals surface area (Å²) in [5.41, 5.74) is 7.20. The molecule has 0 fully saturated rings. The van der Waals surface area contributed by atoms with Crippen LogP contribution in [0, 0.1) is 0 Å². The minimum absolute atomic E-state index is 0.112. The molecule has 2 aromatic carbocycles. The number of hydrogen-bond acceptors (Lipinski definition) is 4. The van der Waals surface area contributed by atoms with Crippen molar-refractivity contribution < 1.29 is 14.6 Å². The number of rotatable bonds is 4. The Balaban J connectivity index is 2.46. The average Bonchev–Trinajstić information content (AvgIpc) is 2.38. The molecule has 0 bridgehead atoms. The van der Waals surface area contributed by atoms with Crippen molar-refractivity contribution in [1.29, 1.82) is 0 Å². The topological polar surface area (TPSA) is 84.6 Å². The van der Waals surface area contributed by atoms with E-state index in [9.17, 15) is 9.90 Å². The largest absolute Gasteiger partial charge is 0.495 e. The average molecular weight is 293 g/mol. The zero-order chi connectivity index (χ0) is 14.7. The molecule has 0 amide bonds. The minimum atomic E-state index is -1.05. The summed E-state index contributed by atoms with van der Waals surface area (Å²) in [7, 11) is 1.52. The van der Waals surface area contributed by atoms with Crippen LogP contribution in [0.4, 0.5) is 17.1 Å². The lowest BCUT2D eigenvalue weighted by atomic mass is 10.1. The molecule has 0 aliphatic rings. The normalized spacial score (nSPS) is 10.1. The van der Waals surface area contributed by atoms with E-state index in [0.29, 0.717) is 27.8 Å². The van der Waals surface area contributed by atoms with E-state index in [1.54, 1.807) is 24.3 Å². The first kappa shape index (κ1) is 14.0. The van der Waals surface area contributed by atoms with Crippen molar-refractivity contribution in [3.05, 3.63) is 47.0 Å². The third-order valence-corrected chi connectivity index (χ3v) is 2.94. The Morgan fingerprint density at radius 2 is 2.00 bits per heavy atom. The number of hydrogen-bond donors (Lipinski definition) is 3.